The molecule has 1 N–H and O–H groups in total. The number of halogens is 2. The van der Waals surface area contributed by atoms with Crippen molar-refractivity contribution in [3.8, 4) is 0 Å². The second-order valence-corrected chi connectivity index (χ2v) is 7.15. The average Bonchev–Trinajstić information content (AvgIpc) is 2.56. The second-order valence-electron chi connectivity index (χ2n) is 6.31. The van der Waals surface area contributed by atoms with Gasteiger partial charge in [-0.15, -0.1) is 0 Å². The highest BCUT2D eigenvalue weighted by molar-refractivity contribution is 6.35. The predicted octanol–water partition coefficient (Wildman–Crippen LogP) is 3.12. The van der Waals surface area contributed by atoms with E-state index in [1.54, 1.807) is 18.2 Å². The smallest absolute Gasteiger partial charge is 0.241 e. The minimum absolute atomic E-state index is 0.00208. The van der Waals surface area contributed by atoms with Crippen LogP contribution >= 0.6 is 23.2 Å². The summed E-state index contributed by atoms with van der Waals surface area (Å²) in [6, 6.07) is 4.65. The van der Waals surface area contributed by atoms with Gasteiger partial charge in [0.15, 0.2) is 0 Å². The Hall–Kier alpha value is -1.30. The number of carbonyl (C=O) groups excluding carboxylic acids is 2. The Morgan fingerprint density at radius 2 is 1.71 bits per heavy atom. The molecule has 2 amide bonds. The Morgan fingerprint density at radius 3 is 2.29 bits per heavy atom. The van der Waals surface area contributed by atoms with E-state index in [-0.39, 0.29) is 23.8 Å². The predicted molar refractivity (Wildman–Crippen MR) is 97.5 cm³/mol. The zero-order valence-electron chi connectivity index (χ0n) is 14.2. The molecule has 1 fully saturated rings. The van der Waals surface area contributed by atoms with Crippen LogP contribution in [0.3, 0.4) is 0 Å². The van der Waals surface area contributed by atoms with Gasteiger partial charge in [-0.1, -0.05) is 37.0 Å². The lowest BCUT2D eigenvalue weighted by Crippen LogP contribution is -2.54. The van der Waals surface area contributed by atoms with Crippen LogP contribution in [0, 0.1) is 5.92 Å². The van der Waals surface area contributed by atoms with Gasteiger partial charge in [-0.25, -0.2) is 0 Å². The standard InChI is InChI=1S/C17H23Cl2N3O2/c1-11(2)17(24)22-8-6-21(7-9-22)12(3)16(23)20-15-10-13(18)4-5-14(15)19/h4-5,10-12H,6-9H2,1-3H3,(H,20,23). The van der Waals surface area contributed by atoms with E-state index < -0.39 is 0 Å². The third-order valence-electron chi connectivity index (χ3n) is 4.23. The SMILES string of the molecule is CC(C)C(=O)N1CCN(C(C)C(=O)Nc2cc(Cl)ccc2Cl)CC1. The highest BCUT2D eigenvalue weighted by Gasteiger charge is 2.28. The number of benzene rings is 1. The van der Waals surface area contributed by atoms with Crippen molar-refractivity contribution in [3.63, 3.8) is 0 Å². The van der Waals surface area contributed by atoms with Crippen LogP contribution in [0.2, 0.25) is 10.0 Å². The number of hydrogen-bond donors (Lipinski definition) is 1. The fourth-order valence-electron chi connectivity index (χ4n) is 2.69. The molecule has 132 valence electrons. The summed E-state index contributed by atoms with van der Waals surface area (Å²) in [5, 5.41) is 3.79. The molecule has 1 aliphatic rings. The average molecular weight is 372 g/mol. The fraction of sp³-hybridized carbons (Fsp3) is 0.529. The third-order valence-corrected chi connectivity index (χ3v) is 4.80. The summed E-state index contributed by atoms with van der Waals surface area (Å²) in [6.07, 6.45) is 0. The molecule has 5 nitrogen and oxygen atoms in total. The lowest BCUT2D eigenvalue weighted by molar-refractivity contribution is -0.136. The zero-order valence-corrected chi connectivity index (χ0v) is 15.7. The van der Waals surface area contributed by atoms with Crippen LogP contribution in [0.1, 0.15) is 20.8 Å². The number of piperazine rings is 1. The molecular formula is C17H23Cl2N3O2. The molecule has 1 heterocycles. The van der Waals surface area contributed by atoms with Crippen molar-refractivity contribution < 1.29 is 9.59 Å². The molecule has 1 unspecified atom stereocenters. The minimum atomic E-state index is -0.309. The van der Waals surface area contributed by atoms with Gasteiger partial charge < -0.3 is 10.2 Å². The number of carbonyl (C=O) groups is 2. The second kappa shape index (κ2) is 8.19. The zero-order chi connectivity index (χ0) is 17.9. The van der Waals surface area contributed by atoms with Crippen molar-refractivity contribution in [1.29, 1.82) is 0 Å². The van der Waals surface area contributed by atoms with E-state index in [9.17, 15) is 9.59 Å². The lowest BCUT2D eigenvalue weighted by atomic mass is 10.1. The number of amides is 2. The number of rotatable bonds is 4. The van der Waals surface area contributed by atoms with Gasteiger partial charge in [0.1, 0.15) is 0 Å². The van der Waals surface area contributed by atoms with Gasteiger partial charge in [-0.2, -0.15) is 0 Å². The molecule has 0 aromatic heterocycles. The van der Waals surface area contributed by atoms with Crippen LogP contribution in [0.5, 0.6) is 0 Å². The van der Waals surface area contributed by atoms with Gasteiger partial charge in [0.25, 0.3) is 0 Å². The highest BCUT2D eigenvalue weighted by atomic mass is 35.5. The van der Waals surface area contributed by atoms with Crippen molar-refractivity contribution >= 4 is 40.7 Å². The topological polar surface area (TPSA) is 52.7 Å². The van der Waals surface area contributed by atoms with E-state index in [0.717, 1.165) is 0 Å². The molecule has 7 heteroatoms. The summed E-state index contributed by atoms with van der Waals surface area (Å²) in [5.74, 6) is 0.0301. The normalized spacial score (nSPS) is 17.0. The van der Waals surface area contributed by atoms with E-state index in [0.29, 0.717) is 41.9 Å². The van der Waals surface area contributed by atoms with E-state index >= 15 is 0 Å². The maximum atomic E-state index is 12.5. The molecule has 1 aromatic rings. The Kier molecular flexibility index (Phi) is 6.49. The monoisotopic (exact) mass is 371 g/mol. The molecule has 0 saturated carbocycles. The Bertz CT molecular complexity index is 614. The molecule has 2 rings (SSSR count). The summed E-state index contributed by atoms with van der Waals surface area (Å²) in [5.41, 5.74) is 0.509. The van der Waals surface area contributed by atoms with Crippen molar-refractivity contribution in [2.75, 3.05) is 31.5 Å². The van der Waals surface area contributed by atoms with Crippen molar-refractivity contribution in [2.45, 2.75) is 26.8 Å². The fourth-order valence-corrected chi connectivity index (χ4v) is 3.03. The van der Waals surface area contributed by atoms with Crippen LogP contribution in [-0.4, -0.2) is 53.8 Å². The van der Waals surface area contributed by atoms with E-state index in [4.69, 9.17) is 23.2 Å². The number of anilines is 1. The molecule has 1 aliphatic heterocycles. The maximum absolute atomic E-state index is 12.5. The first-order valence-corrected chi connectivity index (χ1v) is 8.84. The first kappa shape index (κ1) is 19.0. The Labute approximate surface area is 152 Å². The molecule has 0 aliphatic carbocycles. The lowest BCUT2D eigenvalue weighted by Gasteiger charge is -2.38. The third kappa shape index (κ3) is 4.62. The van der Waals surface area contributed by atoms with Gasteiger partial charge in [0, 0.05) is 37.1 Å². The van der Waals surface area contributed by atoms with Gasteiger partial charge in [-0.05, 0) is 25.1 Å². The number of nitrogens with one attached hydrogen (secondary N) is 1. The summed E-state index contributed by atoms with van der Waals surface area (Å²) >= 11 is 12.0. The van der Waals surface area contributed by atoms with Gasteiger partial charge in [0.05, 0.1) is 16.8 Å². The Morgan fingerprint density at radius 1 is 1.08 bits per heavy atom. The molecule has 1 aromatic carbocycles. The van der Waals surface area contributed by atoms with E-state index in [1.807, 2.05) is 25.7 Å². The van der Waals surface area contributed by atoms with Crippen LogP contribution in [0.4, 0.5) is 5.69 Å². The molecule has 0 radical (unpaired) electrons. The van der Waals surface area contributed by atoms with Crippen molar-refractivity contribution in [2.24, 2.45) is 5.92 Å². The van der Waals surface area contributed by atoms with Crippen molar-refractivity contribution in [3.05, 3.63) is 28.2 Å². The minimum Gasteiger partial charge on any atom is -0.340 e. The van der Waals surface area contributed by atoms with Crippen LogP contribution in [-0.2, 0) is 9.59 Å². The van der Waals surface area contributed by atoms with Gasteiger partial charge in [0.2, 0.25) is 11.8 Å². The molecular weight excluding hydrogens is 349 g/mol. The molecule has 24 heavy (non-hydrogen) atoms. The van der Waals surface area contributed by atoms with E-state index in [1.165, 1.54) is 0 Å². The van der Waals surface area contributed by atoms with Gasteiger partial charge in [-0.3, -0.25) is 14.5 Å². The van der Waals surface area contributed by atoms with Crippen LogP contribution < -0.4 is 5.32 Å². The van der Waals surface area contributed by atoms with Crippen molar-refractivity contribution in [1.82, 2.24) is 9.80 Å². The summed E-state index contributed by atoms with van der Waals surface area (Å²) in [6.45, 7) is 8.30. The molecule has 0 spiro atoms. The first-order chi connectivity index (χ1) is 11.3. The number of hydrogen-bond acceptors (Lipinski definition) is 3. The summed E-state index contributed by atoms with van der Waals surface area (Å²) < 4.78 is 0. The summed E-state index contributed by atoms with van der Waals surface area (Å²) in [7, 11) is 0. The van der Waals surface area contributed by atoms with Crippen LogP contribution in [0.15, 0.2) is 18.2 Å². The number of nitrogens with zero attached hydrogens (tertiary/aromatic N) is 2. The van der Waals surface area contributed by atoms with E-state index in [2.05, 4.69) is 10.2 Å². The molecule has 0 bridgehead atoms. The quantitative estimate of drug-likeness (QED) is 0.884. The summed E-state index contributed by atoms with van der Waals surface area (Å²) in [4.78, 5) is 28.4. The highest BCUT2D eigenvalue weighted by Crippen LogP contribution is 2.25. The molecule has 1 saturated heterocycles. The maximum Gasteiger partial charge on any atom is 0.241 e. The Balaban J connectivity index is 1.92. The first-order valence-electron chi connectivity index (χ1n) is 8.08. The molecule has 1 atom stereocenters. The van der Waals surface area contributed by atoms with Gasteiger partial charge >= 0.3 is 0 Å². The largest absolute Gasteiger partial charge is 0.340 e. The van der Waals surface area contributed by atoms with Crippen LogP contribution in [0.25, 0.3) is 0 Å².